The summed E-state index contributed by atoms with van der Waals surface area (Å²) in [5.41, 5.74) is 2.08. The van der Waals surface area contributed by atoms with Gasteiger partial charge in [0.2, 0.25) is 0 Å². The molecule has 1 aliphatic carbocycles. The van der Waals surface area contributed by atoms with Gasteiger partial charge < -0.3 is 9.52 Å². The van der Waals surface area contributed by atoms with Gasteiger partial charge in [-0.2, -0.15) is 0 Å². The van der Waals surface area contributed by atoms with Crippen molar-refractivity contribution in [1.29, 1.82) is 0 Å². The van der Waals surface area contributed by atoms with Gasteiger partial charge in [0.25, 0.3) is 0 Å². The molecule has 2 nitrogen and oxygen atoms in total. The Hall–Kier alpha value is -1.02. The molecule has 0 fully saturated rings. The molecule has 2 rings (SSSR count). The Morgan fingerprint density at radius 1 is 1.71 bits per heavy atom. The quantitative estimate of drug-likeness (QED) is 0.692. The highest BCUT2D eigenvalue weighted by molar-refractivity contribution is 5.32. The lowest BCUT2D eigenvalue weighted by molar-refractivity contribution is 0.0573. The molecule has 0 radical (unpaired) electrons. The Balaban J connectivity index is 2.42. The fraction of sp³-hybridized carbons (Fsp3) is 0.500. The van der Waals surface area contributed by atoms with Crippen LogP contribution in [0.4, 0.5) is 0 Å². The molecule has 1 aliphatic rings. The molecule has 0 saturated heterocycles. The smallest absolute Gasteiger partial charge is 0.108 e. The molecule has 1 aromatic heterocycles. The number of hydrogen-bond donors (Lipinski definition) is 1. The van der Waals surface area contributed by atoms with Crippen molar-refractivity contribution in [3.05, 3.63) is 35.8 Å². The summed E-state index contributed by atoms with van der Waals surface area (Å²) in [5.74, 6) is 1.01. The van der Waals surface area contributed by atoms with Crippen molar-refractivity contribution in [1.82, 2.24) is 0 Å². The molecule has 76 valence electrons. The number of aryl methyl sites for hydroxylation is 1. The molecule has 0 aromatic carbocycles. The molecule has 1 aromatic rings. The Morgan fingerprint density at radius 3 is 3.07 bits per heavy atom. The van der Waals surface area contributed by atoms with Crippen LogP contribution in [0.1, 0.15) is 23.8 Å². The fourth-order valence-corrected chi connectivity index (χ4v) is 2.04. The van der Waals surface area contributed by atoms with E-state index in [0.717, 1.165) is 17.7 Å². The van der Waals surface area contributed by atoms with E-state index in [1.165, 1.54) is 5.56 Å². The Kier molecular flexibility index (Phi) is 2.04. The number of fused-ring (bicyclic) bond motifs is 1. The molecule has 0 saturated carbocycles. The normalized spacial score (nSPS) is 31.2. The van der Waals surface area contributed by atoms with Gasteiger partial charge in [0, 0.05) is 18.3 Å². The van der Waals surface area contributed by atoms with Gasteiger partial charge in [0.1, 0.15) is 5.76 Å². The highest BCUT2D eigenvalue weighted by atomic mass is 16.3. The SMILES string of the molecule is C=CC1(C)Cc2occ(C)c2CC1O. The van der Waals surface area contributed by atoms with E-state index in [-0.39, 0.29) is 11.5 Å². The van der Waals surface area contributed by atoms with Crippen molar-refractivity contribution in [3.63, 3.8) is 0 Å². The van der Waals surface area contributed by atoms with Crippen LogP contribution in [0, 0.1) is 12.3 Å². The highest BCUT2D eigenvalue weighted by Gasteiger charge is 2.37. The first-order valence-corrected chi connectivity index (χ1v) is 4.94. The van der Waals surface area contributed by atoms with Crippen LogP contribution in [-0.4, -0.2) is 11.2 Å². The van der Waals surface area contributed by atoms with Crippen LogP contribution in [-0.2, 0) is 12.8 Å². The van der Waals surface area contributed by atoms with Crippen LogP contribution in [0.2, 0.25) is 0 Å². The van der Waals surface area contributed by atoms with Gasteiger partial charge in [0.15, 0.2) is 0 Å². The number of aliphatic hydroxyl groups excluding tert-OH is 1. The minimum Gasteiger partial charge on any atom is -0.469 e. The van der Waals surface area contributed by atoms with E-state index < -0.39 is 0 Å². The summed E-state index contributed by atoms with van der Waals surface area (Å²) in [4.78, 5) is 0. The average Bonchev–Trinajstić information content (AvgIpc) is 2.49. The zero-order chi connectivity index (χ0) is 10.3. The van der Waals surface area contributed by atoms with Crippen LogP contribution in [0.3, 0.4) is 0 Å². The van der Waals surface area contributed by atoms with E-state index in [4.69, 9.17) is 4.42 Å². The summed E-state index contributed by atoms with van der Waals surface area (Å²) >= 11 is 0. The van der Waals surface area contributed by atoms with Gasteiger partial charge in [-0.25, -0.2) is 0 Å². The largest absolute Gasteiger partial charge is 0.469 e. The maximum absolute atomic E-state index is 10.0. The Labute approximate surface area is 84.2 Å². The first-order chi connectivity index (χ1) is 6.57. The Morgan fingerprint density at radius 2 is 2.43 bits per heavy atom. The second-order valence-electron chi connectivity index (χ2n) is 4.43. The molecule has 2 atom stereocenters. The lowest BCUT2D eigenvalue weighted by Gasteiger charge is -2.35. The summed E-state index contributed by atoms with van der Waals surface area (Å²) in [5, 5.41) is 10.0. The van der Waals surface area contributed by atoms with Gasteiger partial charge >= 0.3 is 0 Å². The van der Waals surface area contributed by atoms with Gasteiger partial charge in [-0.05, 0) is 18.1 Å². The lowest BCUT2D eigenvalue weighted by Crippen LogP contribution is -2.38. The standard InChI is InChI=1S/C12H16O2/c1-4-12(3)6-10-9(5-11(12)13)8(2)7-14-10/h4,7,11,13H,1,5-6H2,2-3H3. The van der Waals surface area contributed by atoms with E-state index in [1.807, 2.05) is 19.9 Å². The van der Waals surface area contributed by atoms with Crippen molar-refractivity contribution >= 4 is 0 Å². The minimum atomic E-state index is -0.344. The summed E-state index contributed by atoms with van der Waals surface area (Å²) in [6.45, 7) is 7.82. The van der Waals surface area contributed by atoms with Crippen LogP contribution in [0.25, 0.3) is 0 Å². The van der Waals surface area contributed by atoms with Crippen molar-refractivity contribution in [2.45, 2.75) is 32.8 Å². The first kappa shape index (κ1) is 9.53. The summed E-state index contributed by atoms with van der Waals surface area (Å²) in [6, 6.07) is 0. The second-order valence-corrected chi connectivity index (χ2v) is 4.43. The summed E-state index contributed by atoms with van der Waals surface area (Å²) < 4.78 is 5.47. The van der Waals surface area contributed by atoms with E-state index in [0.29, 0.717) is 6.42 Å². The van der Waals surface area contributed by atoms with Crippen molar-refractivity contribution in [2.24, 2.45) is 5.41 Å². The predicted octanol–water partition coefficient (Wildman–Crippen LogP) is 2.24. The third-order valence-electron chi connectivity index (χ3n) is 3.36. The number of rotatable bonds is 1. The third-order valence-corrected chi connectivity index (χ3v) is 3.36. The fourth-order valence-electron chi connectivity index (χ4n) is 2.04. The summed E-state index contributed by atoms with van der Waals surface area (Å²) in [6.07, 6.45) is 4.69. The van der Waals surface area contributed by atoms with Crippen LogP contribution >= 0.6 is 0 Å². The van der Waals surface area contributed by atoms with Crippen molar-refractivity contribution in [3.8, 4) is 0 Å². The molecule has 0 spiro atoms. The molecule has 0 amide bonds. The molecule has 14 heavy (non-hydrogen) atoms. The van der Waals surface area contributed by atoms with E-state index in [2.05, 4.69) is 6.58 Å². The van der Waals surface area contributed by atoms with E-state index in [1.54, 1.807) is 6.26 Å². The zero-order valence-corrected chi connectivity index (χ0v) is 8.71. The molecular formula is C12H16O2. The van der Waals surface area contributed by atoms with Gasteiger partial charge in [-0.3, -0.25) is 0 Å². The maximum atomic E-state index is 10.0. The van der Waals surface area contributed by atoms with Crippen LogP contribution < -0.4 is 0 Å². The molecular weight excluding hydrogens is 176 g/mol. The lowest BCUT2D eigenvalue weighted by atomic mass is 9.73. The first-order valence-electron chi connectivity index (χ1n) is 4.94. The van der Waals surface area contributed by atoms with E-state index in [9.17, 15) is 5.11 Å². The van der Waals surface area contributed by atoms with Gasteiger partial charge in [-0.1, -0.05) is 13.0 Å². The number of aliphatic hydroxyl groups is 1. The second kappa shape index (κ2) is 2.99. The van der Waals surface area contributed by atoms with Crippen molar-refractivity contribution in [2.75, 3.05) is 0 Å². The number of furan rings is 1. The molecule has 0 bridgehead atoms. The molecule has 1 N–H and O–H groups in total. The molecule has 0 aliphatic heterocycles. The number of hydrogen-bond acceptors (Lipinski definition) is 2. The van der Waals surface area contributed by atoms with Crippen LogP contribution in [0.15, 0.2) is 23.3 Å². The molecule has 2 heteroatoms. The molecule has 2 unspecified atom stereocenters. The average molecular weight is 192 g/mol. The highest BCUT2D eigenvalue weighted by Crippen LogP contribution is 2.38. The topological polar surface area (TPSA) is 33.4 Å². The van der Waals surface area contributed by atoms with Crippen LogP contribution in [0.5, 0.6) is 0 Å². The van der Waals surface area contributed by atoms with Crippen molar-refractivity contribution < 1.29 is 9.52 Å². The van der Waals surface area contributed by atoms with Gasteiger partial charge in [0.05, 0.1) is 12.4 Å². The van der Waals surface area contributed by atoms with Gasteiger partial charge in [-0.15, -0.1) is 6.58 Å². The Bertz CT molecular complexity index is 364. The minimum absolute atomic E-state index is 0.239. The molecule has 1 heterocycles. The predicted molar refractivity (Wildman–Crippen MR) is 55.2 cm³/mol. The van der Waals surface area contributed by atoms with E-state index >= 15 is 0 Å². The third kappa shape index (κ3) is 1.22. The zero-order valence-electron chi connectivity index (χ0n) is 8.71. The maximum Gasteiger partial charge on any atom is 0.108 e. The summed E-state index contributed by atoms with van der Waals surface area (Å²) in [7, 11) is 0. The monoisotopic (exact) mass is 192 g/mol.